The summed E-state index contributed by atoms with van der Waals surface area (Å²) in [5.41, 5.74) is 5.31. The number of benzene rings is 1. The Kier molecular flexibility index (Phi) is 4.54. The Balaban J connectivity index is 2.94. The molecule has 0 bridgehead atoms. The first-order valence-corrected chi connectivity index (χ1v) is 6.06. The number of carbonyl (C=O) groups excluding carboxylic acids is 1. The van der Waals surface area contributed by atoms with Gasteiger partial charge in [-0.15, -0.1) is 0 Å². The SMILES string of the molecule is COC(C)C(C)(Nc1ccc(Br)cc1)C(N)=O. The Morgan fingerprint density at radius 1 is 1.47 bits per heavy atom. The maximum Gasteiger partial charge on any atom is 0.245 e. The van der Waals surface area contributed by atoms with Gasteiger partial charge in [0.15, 0.2) is 0 Å². The third-order valence-corrected chi connectivity index (χ3v) is 3.46. The van der Waals surface area contributed by atoms with Gasteiger partial charge in [-0.2, -0.15) is 0 Å². The standard InChI is InChI=1S/C12H17BrN2O2/c1-8(17-3)12(2,11(14)16)15-10-6-4-9(13)5-7-10/h4-8,15H,1-3H3,(H2,14,16). The maximum absolute atomic E-state index is 11.6. The first-order chi connectivity index (χ1) is 7.90. The largest absolute Gasteiger partial charge is 0.379 e. The van der Waals surface area contributed by atoms with Crippen molar-refractivity contribution < 1.29 is 9.53 Å². The van der Waals surface area contributed by atoms with Crippen LogP contribution in [0.4, 0.5) is 5.69 Å². The number of hydrogen-bond acceptors (Lipinski definition) is 3. The molecule has 0 radical (unpaired) electrons. The summed E-state index contributed by atoms with van der Waals surface area (Å²) in [6, 6.07) is 7.52. The fraction of sp³-hybridized carbons (Fsp3) is 0.417. The number of primary amides is 1. The Hall–Kier alpha value is -1.07. The lowest BCUT2D eigenvalue weighted by molar-refractivity contribution is -0.125. The van der Waals surface area contributed by atoms with E-state index >= 15 is 0 Å². The minimum Gasteiger partial charge on any atom is -0.379 e. The van der Waals surface area contributed by atoms with Crippen LogP contribution in [0.3, 0.4) is 0 Å². The fourth-order valence-corrected chi connectivity index (χ4v) is 1.70. The fourth-order valence-electron chi connectivity index (χ4n) is 1.43. The van der Waals surface area contributed by atoms with Crippen molar-refractivity contribution >= 4 is 27.5 Å². The van der Waals surface area contributed by atoms with Gasteiger partial charge >= 0.3 is 0 Å². The van der Waals surface area contributed by atoms with Crippen molar-refractivity contribution in [1.29, 1.82) is 0 Å². The van der Waals surface area contributed by atoms with E-state index in [4.69, 9.17) is 10.5 Å². The van der Waals surface area contributed by atoms with Gasteiger partial charge in [-0.25, -0.2) is 0 Å². The van der Waals surface area contributed by atoms with Crippen molar-refractivity contribution in [2.45, 2.75) is 25.5 Å². The molecule has 5 heteroatoms. The molecule has 1 aromatic carbocycles. The average Bonchev–Trinajstić information content (AvgIpc) is 2.30. The number of carbonyl (C=O) groups is 1. The van der Waals surface area contributed by atoms with Gasteiger partial charge in [-0.1, -0.05) is 15.9 Å². The zero-order valence-corrected chi connectivity index (χ0v) is 11.7. The number of ether oxygens (including phenoxy) is 1. The van der Waals surface area contributed by atoms with E-state index in [9.17, 15) is 4.79 Å². The first kappa shape index (κ1) is 14.0. The predicted molar refractivity (Wildman–Crippen MR) is 71.8 cm³/mol. The number of anilines is 1. The lowest BCUT2D eigenvalue weighted by Gasteiger charge is -2.33. The van der Waals surface area contributed by atoms with Crippen molar-refractivity contribution in [3.8, 4) is 0 Å². The molecule has 1 aromatic rings. The van der Waals surface area contributed by atoms with Gasteiger partial charge in [0.25, 0.3) is 0 Å². The minimum absolute atomic E-state index is 0.330. The first-order valence-electron chi connectivity index (χ1n) is 5.26. The van der Waals surface area contributed by atoms with E-state index in [1.54, 1.807) is 21.0 Å². The molecule has 17 heavy (non-hydrogen) atoms. The summed E-state index contributed by atoms with van der Waals surface area (Å²) in [6.07, 6.45) is -0.330. The van der Waals surface area contributed by atoms with Gasteiger partial charge in [0, 0.05) is 17.3 Å². The Labute approximate surface area is 110 Å². The summed E-state index contributed by atoms with van der Waals surface area (Å²) in [5.74, 6) is -0.449. The molecule has 0 aromatic heterocycles. The maximum atomic E-state index is 11.6. The molecule has 2 atom stereocenters. The van der Waals surface area contributed by atoms with Crippen LogP contribution in [0.1, 0.15) is 13.8 Å². The molecule has 0 aliphatic rings. The number of methoxy groups -OCH3 is 1. The van der Waals surface area contributed by atoms with Crippen LogP contribution in [0.15, 0.2) is 28.7 Å². The van der Waals surface area contributed by atoms with Crippen molar-refractivity contribution in [1.82, 2.24) is 0 Å². The number of nitrogens with two attached hydrogens (primary N) is 1. The third kappa shape index (κ3) is 3.20. The van der Waals surface area contributed by atoms with Gasteiger partial charge in [0.1, 0.15) is 5.54 Å². The van der Waals surface area contributed by atoms with E-state index < -0.39 is 11.4 Å². The second kappa shape index (κ2) is 5.51. The summed E-state index contributed by atoms with van der Waals surface area (Å²) < 4.78 is 6.18. The Morgan fingerprint density at radius 3 is 2.41 bits per heavy atom. The smallest absolute Gasteiger partial charge is 0.245 e. The number of halogens is 1. The van der Waals surface area contributed by atoms with Gasteiger partial charge in [-0.05, 0) is 38.1 Å². The number of hydrogen-bond donors (Lipinski definition) is 2. The molecule has 0 saturated heterocycles. The topological polar surface area (TPSA) is 64.3 Å². The molecule has 0 fully saturated rings. The quantitative estimate of drug-likeness (QED) is 0.876. The molecule has 4 nitrogen and oxygen atoms in total. The van der Waals surface area contributed by atoms with Crippen LogP contribution in [0, 0.1) is 0 Å². The monoisotopic (exact) mass is 300 g/mol. The second-order valence-corrected chi connectivity index (χ2v) is 4.99. The zero-order valence-electron chi connectivity index (χ0n) is 10.2. The number of amides is 1. The van der Waals surface area contributed by atoms with Gasteiger partial charge in [-0.3, -0.25) is 4.79 Å². The number of rotatable bonds is 5. The van der Waals surface area contributed by atoms with Crippen LogP contribution in [0.25, 0.3) is 0 Å². The average molecular weight is 301 g/mol. The molecule has 2 unspecified atom stereocenters. The highest BCUT2D eigenvalue weighted by atomic mass is 79.9. The molecular formula is C12H17BrN2O2. The van der Waals surface area contributed by atoms with Crippen molar-refractivity contribution in [2.75, 3.05) is 12.4 Å². The lowest BCUT2D eigenvalue weighted by atomic mass is 9.94. The summed E-state index contributed by atoms with van der Waals surface area (Å²) in [6.45, 7) is 3.53. The van der Waals surface area contributed by atoms with Crippen LogP contribution in [0.2, 0.25) is 0 Å². The number of nitrogens with one attached hydrogen (secondary N) is 1. The van der Waals surface area contributed by atoms with Crippen molar-refractivity contribution in [2.24, 2.45) is 5.73 Å². The van der Waals surface area contributed by atoms with Crippen LogP contribution in [-0.2, 0) is 9.53 Å². The van der Waals surface area contributed by atoms with Crippen LogP contribution < -0.4 is 11.1 Å². The van der Waals surface area contributed by atoms with E-state index in [0.717, 1.165) is 10.2 Å². The van der Waals surface area contributed by atoms with Crippen molar-refractivity contribution in [3.05, 3.63) is 28.7 Å². The molecular weight excluding hydrogens is 284 g/mol. The van der Waals surface area contributed by atoms with Crippen molar-refractivity contribution in [3.63, 3.8) is 0 Å². The van der Waals surface area contributed by atoms with E-state index in [1.165, 1.54) is 0 Å². The molecule has 3 N–H and O–H groups in total. The summed E-state index contributed by atoms with van der Waals surface area (Å²) >= 11 is 3.35. The van der Waals surface area contributed by atoms with Crippen LogP contribution >= 0.6 is 15.9 Å². The highest BCUT2D eigenvalue weighted by Crippen LogP contribution is 2.22. The molecule has 1 rings (SSSR count). The highest BCUT2D eigenvalue weighted by molar-refractivity contribution is 9.10. The minimum atomic E-state index is -0.942. The normalized spacial score (nSPS) is 16.0. The predicted octanol–water partition coefficient (Wildman–Crippen LogP) is 2.14. The van der Waals surface area contributed by atoms with E-state index in [1.807, 2.05) is 24.3 Å². The molecule has 1 amide bonds. The summed E-state index contributed by atoms with van der Waals surface area (Å²) in [4.78, 5) is 11.6. The van der Waals surface area contributed by atoms with Crippen LogP contribution in [0.5, 0.6) is 0 Å². The molecule has 0 heterocycles. The lowest BCUT2D eigenvalue weighted by Crippen LogP contribution is -2.56. The molecule has 0 aliphatic heterocycles. The second-order valence-electron chi connectivity index (χ2n) is 4.08. The highest BCUT2D eigenvalue weighted by Gasteiger charge is 2.37. The van der Waals surface area contributed by atoms with E-state index in [0.29, 0.717) is 0 Å². The van der Waals surface area contributed by atoms with Gasteiger partial charge < -0.3 is 15.8 Å². The molecule has 0 spiro atoms. The molecule has 0 saturated carbocycles. The summed E-state index contributed by atoms with van der Waals surface area (Å²) in [5, 5.41) is 3.11. The van der Waals surface area contributed by atoms with Gasteiger partial charge in [0.05, 0.1) is 6.10 Å². The Bertz CT molecular complexity index is 394. The van der Waals surface area contributed by atoms with Crippen LogP contribution in [-0.4, -0.2) is 24.7 Å². The van der Waals surface area contributed by atoms with E-state index in [2.05, 4.69) is 21.2 Å². The summed E-state index contributed by atoms with van der Waals surface area (Å²) in [7, 11) is 1.55. The molecule has 94 valence electrons. The Morgan fingerprint density at radius 2 is 2.00 bits per heavy atom. The molecule has 0 aliphatic carbocycles. The third-order valence-electron chi connectivity index (χ3n) is 2.93. The van der Waals surface area contributed by atoms with Gasteiger partial charge in [0.2, 0.25) is 5.91 Å². The zero-order chi connectivity index (χ0) is 13.1. The van der Waals surface area contributed by atoms with E-state index in [-0.39, 0.29) is 6.10 Å².